The second-order valence-electron chi connectivity index (χ2n) is 22.8. The summed E-state index contributed by atoms with van der Waals surface area (Å²) in [4.78, 5) is 82.4. The molecule has 4 amide bonds. The first-order valence-electron chi connectivity index (χ1n) is 29.4. The summed E-state index contributed by atoms with van der Waals surface area (Å²) >= 11 is 6.29. The third-order valence-electron chi connectivity index (χ3n) is 17.6. The fourth-order valence-electron chi connectivity index (χ4n) is 12.5. The molecule has 434 valence electrons. The van der Waals surface area contributed by atoms with E-state index in [4.69, 9.17) is 26.8 Å². The van der Waals surface area contributed by atoms with Gasteiger partial charge in [-0.05, 0) is 118 Å². The first-order chi connectivity index (χ1) is 39.4. The van der Waals surface area contributed by atoms with Crippen molar-refractivity contribution in [3.05, 3.63) is 113 Å². The van der Waals surface area contributed by atoms with Crippen LogP contribution in [-0.2, 0) is 20.9 Å². The van der Waals surface area contributed by atoms with Gasteiger partial charge >= 0.3 is 0 Å². The van der Waals surface area contributed by atoms with Crippen LogP contribution in [0.5, 0.6) is 11.5 Å². The van der Waals surface area contributed by atoms with Gasteiger partial charge in [-0.25, -0.2) is 9.97 Å². The molecule has 5 aliphatic rings. The van der Waals surface area contributed by atoms with Crippen molar-refractivity contribution in [3.63, 3.8) is 0 Å². The lowest BCUT2D eigenvalue weighted by Gasteiger charge is -2.40. The highest BCUT2D eigenvalue weighted by molar-refractivity contribution is 6.30. The molecule has 3 aromatic carbocycles. The molecule has 20 heteroatoms. The minimum atomic E-state index is -1.01. The van der Waals surface area contributed by atoms with Crippen LogP contribution in [0.15, 0.2) is 85.3 Å². The van der Waals surface area contributed by atoms with Crippen molar-refractivity contribution in [3.8, 4) is 11.5 Å². The second-order valence-corrected chi connectivity index (χ2v) is 23.2. The number of nitrogens with one attached hydrogen (secondary N) is 3. The van der Waals surface area contributed by atoms with Gasteiger partial charge in [0.25, 0.3) is 5.91 Å². The normalized spacial score (nSPS) is 20.1. The second kappa shape index (κ2) is 27.2. The zero-order valence-electron chi connectivity index (χ0n) is 47.3. The number of nitrogens with two attached hydrogens (primary N) is 1. The van der Waals surface area contributed by atoms with Crippen molar-refractivity contribution < 1.29 is 28.7 Å². The van der Waals surface area contributed by atoms with Gasteiger partial charge in [-0.1, -0.05) is 41.9 Å². The lowest BCUT2D eigenvalue weighted by atomic mass is 9.87. The molecule has 0 radical (unpaired) electrons. The van der Waals surface area contributed by atoms with Crippen LogP contribution in [0.25, 0.3) is 11.0 Å². The molecule has 2 aromatic heterocycles. The molecule has 1 unspecified atom stereocenters. The number of H-pyrrole nitrogens is 1. The minimum absolute atomic E-state index is 0.0741. The molecule has 0 saturated carbocycles. The molecule has 0 spiro atoms. The Labute approximate surface area is 481 Å². The van der Waals surface area contributed by atoms with Crippen LogP contribution >= 0.6 is 11.6 Å². The van der Waals surface area contributed by atoms with Crippen molar-refractivity contribution in [1.29, 1.82) is 0 Å². The van der Waals surface area contributed by atoms with E-state index in [1.54, 1.807) is 13.4 Å². The van der Waals surface area contributed by atoms with E-state index in [2.05, 4.69) is 57.3 Å². The maximum Gasteiger partial charge on any atom is 0.253 e. The largest absolute Gasteiger partial charge is 0.497 e. The van der Waals surface area contributed by atoms with Crippen LogP contribution < -0.4 is 30.7 Å². The zero-order valence-corrected chi connectivity index (χ0v) is 48.1. The number of piperidine rings is 3. The Kier molecular flexibility index (Phi) is 19.4. The lowest BCUT2D eigenvalue weighted by molar-refractivity contribution is -0.134. The van der Waals surface area contributed by atoms with E-state index in [9.17, 15) is 19.2 Å². The van der Waals surface area contributed by atoms with E-state index < -0.39 is 5.54 Å². The van der Waals surface area contributed by atoms with Crippen molar-refractivity contribution in [2.45, 2.75) is 75.9 Å². The van der Waals surface area contributed by atoms with Crippen LogP contribution in [0.3, 0.4) is 0 Å². The van der Waals surface area contributed by atoms with E-state index in [-0.39, 0.29) is 42.1 Å². The maximum absolute atomic E-state index is 14.0. The maximum atomic E-state index is 14.0. The first-order valence-corrected chi connectivity index (χ1v) is 29.8. The van der Waals surface area contributed by atoms with Crippen LogP contribution in [0, 0.1) is 5.92 Å². The van der Waals surface area contributed by atoms with E-state index in [0.29, 0.717) is 101 Å². The molecule has 5 saturated heterocycles. The number of fused-ring (bicyclic) bond motifs is 1. The summed E-state index contributed by atoms with van der Waals surface area (Å²) in [7, 11) is 1.63. The number of aromatic amines is 1. The third kappa shape index (κ3) is 14.7. The number of benzene rings is 3. The molecule has 19 nitrogen and oxygen atoms in total. The van der Waals surface area contributed by atoms with Crippen molar-refractivity contribution in [1.82, 2.24) is 55.0 Å². The Morgan fingerprint density at radius 2 is 1.56 bits per heavy atom. The van der Waals surface area contributed by atoms with Crippen molar-refractivity contribution in [2.24, 2.45) is 11.7 Å². The van der Waals surface area contributed by atoms with Gasteiger partial charge in [0.15, 0.2) is 0 Å². The predicted octanol–water partition coefficient (Wildman–Crippen LogP) is 5.37. The monoisotopic (exact) mass is 1130 g/mol. The van der Waals surface area contributed by atoms with Gasteiger partial charge in [0.05, 0.1) is 43.8 Å². The number of methoxy groups -OCH3 is 1. The number of anilines is 1. The predicted molar refractivity (Wildman–Crippen MR) is 315 cm³/mol. The molecule has 5 aromatic rings. The number of likely N-dealkylation sites (tertiary alicyclic amines) is 2. The first kappa shape index (κ1) is 57.9. The van der Waals surface area contributed by atoms with Gasteiger partial charge in [0.1, 0.15) is 29.3 Å². The van der Waals surface area contributed by atoms with Gasteiger partial charge in [-0.3, -0.25) is 33.9 Å². The Morgan fingerprint density at radius 1 is 0.802 bits per heavy atom. The van der Waals surface area contributed by atoms with Crippen molar-refractivity contribution in [2.75, 3.05) is 136 Å². The molecule has 2 atom stereocenters. The number of nitrogens with zero attached hydrogens (tertiary/aromatic N) is 9. The number of ether oxygens (including phenoxy) is 2. The van der Waals surface area contributed by atoms with Gasteiger partial charge < -0.3 is 50.4 Å². The molecule has 5 fully saturated rings. The summed E-state index contributed by atoms with van der Waals surface area (Å²) < 4.78 is 11.2. The van der Waals surface area contributed by atoms with Gasteiger partial charge in [-0.15, -0.1) is 0 Å². The molecule has 5 N–H and O–H groups in total. The van der Waals surface area contributed by atoms with E-state index >= 15 is 0 Å². The van der Waals surface area contributed by atoms with Crippen LogP contribution in [0.4, 0.5) is 5.82 Å². The minimum Gasteiger partial charge on any atom is -0.497 e. The average Bonchev–Trinajstić information content (AvgIpc) is 4.04. The van der Waals surface area contributed by atoms with Gasteiger partial charge in [0.2, 0.25) is 17.7 Å². The molecule has 0 aliphatic carbocycles. The topological polar surface area (TPSA) is 201 Å². The van der Waals surface area contributed by atoms with Crippen molar-refractivity contribution >= 4 is 52.1 Å². The average molecular weight is 1130 g/mol. The van der Waals surface area contributed by atoms with Gasteiger partial charge in [-0.2, -0.15) is 0 Å². The molecular weight excluding hydrogens is 1050 g/mol. The van der Waals surface area contributed by atoms with E-state index in [0.717, 1.165) is 130 Å². The summed E-state index contributed by atoms with van der Waals surface area (Å²) in [5.41, 5.74) is 10.5. The van der Waals surface area contributed by atoms with Gasteiger partial charge in [0, 0.05) is 133 Å². The molecule has 81 heavy (non-hydrogen) atoms. The Balaban J connectivity index is 0.613. The molecule has 10 rings (SSSR count). The SMILES string of the molecule is CCOc1cc(OC)ccc1CNCC(=O)N1CCCC(c2cccc(C(=O)N3CCN(CC4CCN(CC(=O)N5CCN(CC[C@H](NC(=O)C6(N)CCN(c7ncnc8[nH]ccc78)CC6)c6ccc(Cl)cc6)CC5)CC4)CC3)c2)C1. The number of rotatable bonds is 20. The number of hydrogen-bond donors (Lipinski definition) is 4. The summed E-state index contributed by atoms with van der Waals surface area (Å²) in [5, 5.41) is 8.25. The summed E-state index contributed by atoms with van der Waals surface area (Å²) in [6.07, 6.45) is 9.13. The quantitative estimate of drug-likeness (QED) is 0.0775. The number of aromatic nitrogens is 3. The summed E-state index contributed by atoms with van der Waals surface area (Å²) in [6.45, 7) is 15.9. The highest BCUT2D eigenvalue weighted by atomic mass is 35.5. The fourth-order valence-corrected chi connectivity index (χ4v) is 12.6. The van der Waals surface area contributed by atoms with Crippen LogP contribution in [-0.4, -0.2) is 205 Å². The number of carbonyl (C=O) groups excluding carboxylic acids is 4. The summed E-state index contributed by atoms with van der Waals surface area (Å²) in [5.74, 6) is 3.27. The summed E-state index contributed by atoms with van der Waals surface area (Å²) in [6, 6.07) is 23.2. The van der Waals surface area contributed by atoms with Crippen LogP contribution in [0.1, 0.15) is 90.9 Å². The standard InChI is InChI=1S/C61H82ClN13O6/c1-3-81-54-37-51(80-2)14-11-48(54)38-64-39-55(76)75-22-5-8-49(41-75)46-6-4-7-47(36-46)59(78)74-34-30-71(31-35-74)40-44-16-23-70(24-17-44)42-56(77)72-32-28-69(29-33-72)25-18-53(45-9-12-50(62)13-10-45)68-60(79)61(63)19-26-73(27-20-61)58-52-15-21-65-57(52)66-43-67-58/h4,6-7,9-15,21,36-37,43-44,49,53,64H,3,5,8,16-20,22-35,38-42,63H2,1-2H3,(H,68,79)(H,65,66,67)/t49?,53-/m0/s1. The molecule has 0 bridgehead atoms. The Bertz CT molecular complexity index is 2910. The number of halogens is 1. The third-order valence-corrected chi connectivity index (χ3v) is 17.8. The van der Waals surface area contributed by atoms with E-state index in [1.165, 1.54) is 0 Å². The van der Waals surface area contributed by atoms with E-state index in [1.807, 2.05) is 88.5 Å². The molecular formula is C61H82ClN13O6. The number of hydrogen-bond acceptors (Lipinski definition) is 14. The Morgan fingerprint density at radius 3 is 2.31 bits per heavy atom. The number of amides is 4. The van der Waals surface area contributed by atoms with Crippen LogP contribution in [0.2, 0.25) is 5.02 Å². The highest BCUT2D eigenvalue weighted by Crippen LogP contribution is 2.32. The smallest absolute Gasteiger partial charge is 0.253 e. The fraction of sp³-hybridized carbons (Fsp3) is 0.541. The molecule has 7 heterocycles. The zero-order chi connectivity index (χ0) is 56.3. The lowest BCUT2D eigenvalue weighted by Crippen LogP contribution is -2.60. The number of carbonyl (C=O) groups is 4. The Hall–Kier alpha value is -6.35. The number of piperazine rings is 2. The highest BCUT2D eigenvalue weighted by Gasteiger charge is 2.40. The molecule has 5 aliphatic heterocycles.